The Kier molecular flexibility index (Phi) is 3.93. The summed E-state index contributed by atoms with van der Waals surface area (Å²) in [5, 5.41) is 3.19. The van der Waals surface area contributed by atoms with Gasteiger partial charge >= 0.3 is 0 Å². The van der Waals surface area contributed by atoms with Crippen molar-refractivity contribution in [1.29, 1.82) is 0 Å². The highest BCUT2D eigenvalue weighted by atomic mass is 32.1. The maximum atomic E-state index is 12.3. The van der Waals surface area contributed by atoms with Gasteiger partial charge in [-0.2, -0.15) is 0 Å². The van der Waals surface area contributed by atoms with Crippen LogP contribution in [0.15, 0.2) is 23.0 Å². The lowest BCUT2D eigenvalue weighted by atomic mass is 9.87. The maximum absolute atomic E-state index is 12.3. The molecule has 0 unspecified atom stereocenters. The molecule has 3 nitrogen and oxygen atoms in total. The summed E-state index contributed by atoms with van der Waals surface area (Å²) in [7, 11) is 0. The fraction of sp³-hybridized carbons (Fsp3) is 0.350. The molecule has 0 spiro atoms. The van der Waals surface area contributed by atoms with Crippen molar-refractivity contribution in [2.45, 2.75) is 44.9 Å². The Morgan fingerprint density at radius 2 is 2.00 bits per heavy atom. The summed E-state index contributed by atoms with van der Waals surface area (Å²) in [6.45, 7) is 6.12. The molecule has 0 bridgehead atoms. The summed E-state index contributed by atoms with van der Waals surface area (Å²) in [5.41, 5.74) is 1.32. The largest absolute Gasteiger partial charge is 0.354 e. The molecule has 0 saturated heterocycles. The van der Waals surface area contributed by atoms with Gasteiger partial charge in [0.2, 0.25) is 0 Å². The van der Waals surface area contributed by atoms with Gasteiger partial charge in [-0.15, -0.1) is 11.3 Å². The maximum Gasteiger partial charge on any atom is 0.257 e. The molecule has 3 aliphatic rings. The van der Waals surface area contributed by atoms with Crippen LogP contribution in [-0.4, -0.2) is 9.97 Å². The van der Waals surface area contributed by atoms with Crippen LogP contribution in [0.1, 0.15) is 53.3 Å². The minimum absolute atomic E-state index is 0.0443. The molecule has 24 heavy (non-hydrogen) atoms. The fourth-order valence-corrected chi connectivity index (χ4v) is 5.09. The van der Waals surface area contributed by atoms with Crippen LogP contribution in [0.25, 0.3) is 12.7 Å². The van der Waals surface area contributed by atoms with Crippen molar-refractivity contribution in [2.75, 3.05) is 0 Å². The van der Waals surface area contributed by atoms with Crippen molar-refractivity contribution in [3.8, 4) is 0 Å². The van der Waals surface area contributed by atoms with E-state index < -0.39 is 0 Å². The normalized spacial score (nSPS) is 17.0. The number of hydrogen-bond acceptors (Lipinski definition) is 2. The number of hydrogen-bond donors (Lipinski definition) is 2. The van der Waals surface area contributed by atoms with Gasteiger partial charge in [0.15, 0.2) is 0 Å². The molecular formula is C20H22N2OS. The summed E-state index contributed by atoms with van der Waals surface area (Å²) in [5.74, 6) is 0.707. The summed E-state index contributed by atoms with van der Waals surface area (Å²) >= 11 is 1.85. The zero-order chi connectivity index (χ0) is 16.7. The Morgan fingerprint density at radius 3 is 2.79 bits per heavy atom. The van der Waals surface area contributed by atoms with Crippen molar-refractivity contribution in [3.05, 3.63) is 65.1 Å². The van der Waals surface area contributed by atoms with E-state index in [0.717, 1.165) is 20.9 Å². The van der Waals surface area contributed by atoms with Crippen molar-refractivity contribution in [1.82, 2.24) is 9.97 Å². The Morgan fingerprint density at radius 1 is 1.21 bits per heavy atom. The predicted octanol–water partition coefficient (Wildman–Crippen LogP) is 3.08. The Bertz CT molecular complexity index is 1100. The Labute approximate surface area is 144 Å². The predicted molar refractivity (Wildman–Crippen MR) is 99.9 cm³/mol. The van der Waals surface area contributed by atoms with Gasteiger partial charge in [0.05, 0.1) is 15.9 Å². The Hall–Kier alpha value is -2.07. The zero-order valence-corrected chi connectivity index (χ0v) is 14.8. The minimum Gasteiger partial charge on any atom is -0.354 e. The average molecular weight is 338 g/mol. The van der Waals surface area contributed by atoms with Crippen molar-refractivity contribution in [3.63, 3.8) is 0 Å². The highest BCUT2D eigenvalue weighted by Crippen LogP contribution is 2.38. The third-order valence-corrected chi connectivity index (χ3v) is 6.35. The number of aromatic nitrogens is 2. The first-order valence-corrected chi connectivity index (χ1v) is 9.45. The third kappa shape index (κ3) is 2.75. The molecule has 1 aromatic rings. The second-order valence-electron chi connectivity index (χ2n) is 6.82. The van der Waals surface area contributed by atoms with Crippen molar-refractivity contribution >= 4 is 24.0 Å². The molecule has 0 radical (unpaired) electrons. The molecule has 124 valence electrons. The van der Waals surface area contributed by atoms with Gasteiger partial charge in [-0.1, -0.05) is 25.8 Å². The van der Waals surface area contributed by atoms with Gasteiger partial charge in [0.25, 0.3) is 5.56 Å². The van der Waals surface area contributed by atoms with E-state index in [0.29, 0.717) is 11.1 Å². The van der Waals surface area contributed by atoms with E-state index in [1.165, 1.54) is 42.5 Å². The van der Waals surface area contributed by atoms with Gasteiger partial charge < -0.3 is 9.97 Å². The highest BCUT2D eigenvalue weighted by Gasteiger charge is 2.19. The fourth-order valence-electron chi connectivity index (χ4n) is 3.80. The van der Waals surface area contributed by atoms with E-state index in [4.69, 9.17) is 0 Å². The van der Waals surface area contributed by atoms with E-state index in [1.807, 2.05) is 29.5 Å². The second kappa shape index (κ2) is 6.10. The van der Waals surface area contributed by atoms with Crippen LogP contribution in [0, 0.1) is 17.6 Å². The van der Waals surface area contributed by atoms with E-state index in [1.54, 1.807) is 0 Å². The van der Waals surface area contributed by atoms with Crippen molar-refractivity contribution < 1.29 is 0 Å². The van der Waals surface area contributed by atoms with Crippen LogP contribution in [0.3, 0.4) is 0 Å². The SMILES string of the molecule is C=c1ccc2[nH]c(=O)c(=Cc3cc(C)c(C4CCCCC4)s3)c=2[nH]1. The molecule has 1 aliphatic carbocycles. The summed E-state index contributed by atoms with van der Waals surface area (Å²) < 4.78 is 0. The van der Waals surface area contributed by atoms with Crippen molar-refractivity contribution in [2.24, 2.45) is 0 Å². The van der Waals surface area contributed by atoms with E-state index in [-0.39, 0.29) is 5.56 Å². The second-order valence-corrected chi connectivity index (χ2v) is 7.93. The number of H-pyrrole nitrogens is 2. The molecule has 1 saturated carbocycles. The smallest absolute Gasteiger partial charge is 0.257 e. The Balaban J connectivity index is 1.83. The zero-order valence-electron chi connectivity index (χ0n) is 13.9. The van der Waals surface area contributed by atoms with E-state index in [2.05, 4.69) is 29.5 Å². The molecule has 4 rings (SSSR count). The minimum atomic E-state index is -0.0443. The lowest BCUT2D eigenvalue weighted by molar-refractivity contribution is 0.447. The van der Waals surface area contributed by atoms with Crippen LogP contribution in [0.5, 0.6) is 0 Å². The molecule has 4 heteroatoms. The number of aromatic amines is 2. The van der Waals surface area contributed by atoms with Crippen LogP contribution in [-0.2, 0) is 0 Å². The summed E-state index contributed by atoms with van der Waals surface area (Å²) in [6.07, 6.45) is 8.68. The quantitative estimate of drug-likeness (QED) is 0.741. The number of thiophene rings is 1. The summed E-state index contributed by atoms with van der Waals surface area (Å²) in [6, 6.07) is 6.00. The highest BCUT2D eigenvalue weighted by molar-refractivity contribution is 7.13. The molecule has 1 fully saturated rings. The third-order valence-electron chi connectivity index (χ3n) is 5.01. The van der Waals surface area contributed by atoms with E-state index >= 15 is 0 Å². The van der Waals surface area contributed by atoms with Crippen LogP contribution >= 0.6 is 11.3 Å². The standard InChI is InChI=1S/C20H22N2OS/c1-12-10-15(24-19(12)14-6-4-3-5-7-14)11-16-18-17(22-20(16)23)9-8-13(2)21-18/h8-11,14,21H,2-7H2,1H3,(H,22,23). The van der Waals surface area contributed by atoms with Gasteiger partial charge in [-0.3, -0.25) is 4.79 Å². The van der Waals surface area contributed by atoms with E-state index in [9.17, 15) is 4.79 Å². The number of aryl methyl sites for hydroxylation is 1. The molecule has 1 aromatic heterocycles. The molecule has 0 amide bonds. The van der Waals surface area contributed by atoms with Gasteiger partial charge in [0.1, 0.15) is 0 Å². The lowest BCUT2D eigenvalue weighted by Gasteiger charge is -2.21. The number of rotatable bonds is 2. The first-order valence-electron chi connectivity index (χ1n) is 8.64. The number of nitrogens with one attached hydrogen (secondary N) is 2. The van der Waals surface area contributed by atoms with Gasteiger partial charge in [0, 0.05) is 15.1 Å². The molecule has 2 N–H and O–H groups in total. The molecule has 3 heterocycles. The monoisotopic (exact) mass is 338 g/mol. The molecule has 0 atom stereocenters. The first kappa shape index (κ1) is 15.5. The topological polar surface area (TPSA) is 48.6 Å². The lowest BCUT2D eigenvalue weighted by Crippen LogP contribution is -2.23. The van der Waals surface area contributed by atoms with Gasteiger partial charge in [-0.05, 0) is 55.5 Å². The first-order chi connectivity index (χ1) is 11.6. The molecule has 0 aromatic carbocycles. The van der Waals surface area contributed by atoms with Gasteiger partial charge in [-0.25, -0.2) is 0 Å². The average Bonchev–Trinajstić information content (AvgIpc) is 3.09. The molecular weight excluding hydrogens is 316 g/mol. The summed E-state index contributed by atoms with van der Waals surface area (Å²) in [4.78, 5) is 21.1. The molecule has 2 aliphatic heterocycles. The van der Waals surface area contributed by atoms with Crippen LogP contribution in [0.4, 0.5) is 0 Å². The van der Waals surface area contributed by atoms with Crippen LogP contribution < -0.4 is 16.1 Å². The van der Waals surface area contributed by atoms with Crippen LogP contribution in [0.2, 0.25) is 0 Å².